The number of halogens is 3. The van der Waals surface area contributed by atoms with Crippen molar-refractivity contribution in [2.24, 2.45) is 0 Å². The van der Waals surface area contributed by atoms with Gasteiger partial charge in [0.1, 0.15) is 11.6 Å². The minimum atomic E-state index is -1.20. The predicted molar refractivity (Wildman–Crippen MR) is 73.9 cm³/mol. The van der Waals surface area contributed by atoms with Crippen LogP contribution in [0.2, 0.25) is 0 Å². The molecule has 0 fully saturated rings. The van der Waals surface area contributed by atoms with Crippen molar-refractivity contribution in [2.45, 2.75) is 19.4 Å². The Morgan fingerprint density at radius 2 is 1.95 bits per heavy atom. The normalized spacial score (nSPS) is 12.5. The molecule has 1 unspecified atom stereocenters. The highest BCUT2D eigenvalue weighted by Gasteiger charge is 2.19. The van der Waals surface area contributed by atoms with Crippen LogP contribution in [-0.4, -0.2) is 5.11 Å². The summed E-state index contributed by atoms with van der Waals surface area (Å²) in [4.78, 5) is 0. The van der Waals surface area contributed by atoms with Crippen LogP contribution in [-0.2, 0) is 6.42 Å². The molecule has 0 heterocycles. The molecule has 100 valence electrons. The van der Waals surface area contributed by atoms with Crippen molar-refractivity contribution in [3.05, 3.63) is 69.2 Å². The first-order chi connectivity index (χ1) is 8.99. The lowest BCUT2D eigenvalue weighted by atomic mass is 9.99. The lowest BCUT2D eigenvalue weighted by molar-refractivity contribution is 0.168. The van der Waals surface area contributed by atoms with Crippen LogP contribution in [0, 0.1) is 18.6 Å². The molecular weight excluding hydrogens is 314 g/mol. The van der Waals surface area contributed by atoms with Crippen molar-refractivity contribution >= 4 is 15.9 Å². The predicted octanol–water partition coefficient (Wildman–Crippen LogP) is 4.31. The molecule has 1 N–H and O–H groups in total. The number of aliphatic hydroxyl groups is 1. The number of benzene rings is 2. The van der Waals surface area contributed by atoms with Gasteiger partial charge in [0.15, 0.2) is 0 Å². The highest BCUT2D eigenvalue weighted by atomic mass is 79.9. The van der Waals surface area contributed by atoms with Gasteiger partial charge in [-0.3, -0.25) is 0 Å². The SMILES string of the molecule is Cc1ccc(F)c(C(O)Cc2cccc(Br)c2)c1F. The Hall–Kier alpha value is -1.26. The Balaban J connectivity index is 2.30. The van der Waals surface area contributed by atoms with Crippen LogP contribution < -0.4 is 0 Å². The van der Waals surface area contributed by atoms with Gasteiger partial charge in [-0.2, -0.15) is 0 Å². The molecule has 0 amide bonds. The van der Waals surface area contributed by atoms with E-state index in [0.717, 1.165) is 10.0 Å². The van der Waals surface area contributed by atoms with E-state index in [-0.39, 0.29) is 12.0 Å². The maximum Gasteiger partial charge on any atom is 0.134 e. The highest BCUT2D eigenvalue weighted by molar-refractivity contribution is 9.10. The Morgan fingerprint density at radius 3 is 2.63 bits per heavy atom. The second-order valence-electron chi connectivity index (χ2n) is 4.44. The average Bonchev–Trinajstić information content (AvgIpc) is 2.34. The molecule has 4 heteroatoms. The summed E-state index contributed by atoms with van der Waals surface area (Å²) in [5.74, 6) is -1.40. The fourth-order valence-electron chi connectivity index (χ4n) is 1.97. The summed E-state index contributed by atoms with van der Waals surface area (Å²) in [5.41, 5.74) is 0.867. The van der Waals surface area contributed by atoms with Gasteiger partial charge in [0, 0.05) is 10.9 Å². The van der Waals surface area contributed by atoms with E-state index in [2.05, 4.69) is 15.9 Å². The third-order valence-corrected chi connectivity index (χ3v) is 3.46. The zero-order valence-corrected chi connectivity index (χ0v) is 11.9. The lowest BCUT2D eigenvalue weighted by Crippen LogP contribution is -2.08. The molecule has 1 nitrogen and oxygen atoms in total. The van der Waals surface area contributed by atoms with Gasteiger partial charge in [-0.1, -0.05) is 34.1 Å². The molecule has 2 aromatic carbocycles. The quantitative estimate of drug-likeness (QED) is 0.891. The van der Waals surface area contributed by atoms with Gasteiger partial charge in [0.25, 0.3) is 0 Å². The fraction of sp³-hybridized carbons (Fsp3) is 0.200. The molecule has 0 aromatic heterocycles. The van der Waals surface area contributed by atoms with E-state index in [9.17, 15) is 13.9 Å². The number of hydrogen-bond acceptors (Lipinski definition) is 1. The number of rotatable bonds is 3. The van der Waals surface area contributed by atoms with E-state index in [1.807, 2.05) is 18.2 Å². The molecule has 0 saturated heterocycles. The molecule has 19 heavy (non-hydrogen) atoms. The zero-order valence-electron chi connectivity index (χ0n) is 10.3. The van der Waals surface area contributed by atoms with Crippen LogP contribution in [0.5, 0.6) is 0 Å². The van der Waals surface area contributed by atoms with E-state index < -0.39 is 17.7 Å². The largest absolute Gasteiger partial charge is 0.388 e. The summed E-state index contributed by atoms with van der Waals surface area (Å²) < 4.78 is 28.4. The van der Waals surface area contributed by atoms with Gasteiger partial charge in [-0.05, 0) is 36.2 Å². The summed E-state index contributed by atoms with van der Waals surface area (Å²) in [5, 5.41) is 10.1. The lowest BCUT2D eigenvalue weighted by Gasteiger charge is -2.14. The van der Waals surface area contributed by atoms with E-state index in [4.69, 9.17) is 0 Å². The van der Waals surface area contributed by atoms with Crippen molar-refractivity contribution in [1.82, 2.24) is 0 Å². The first-order valence-corrected chi connectivity index (χ1v) is 6.65. The third kappa shape index (κ3) is 3.19. The Labute approximate surface area is 119 Å². The summed E-state index contributed by atoms with van der Waals surface area (Å²) in [6, 6.07) is 9.82. The van der Waals surface area contributed by atoms with Gasteiger partial charge in [0.2, 0.25) is 0 Å². The monoisotopic (exact) mass is 326 g/mol. The molecule has 0 aliphatic carbocycles. The van der Waals surface area contributed by atoms with Crippen LogP contribution >= 0.6 is 15.9 Å². The molecule has 0 aliphatic rings. The highest BCUT2D eigenvalue weighted by Crippen LogP contribution is 2.26. The Bertz CT molecular complexity index is 599. The standard InChI is InChI=1S/C15H13BrF2O/c1-9-5-6-12(17)14(15(9)18)13(19)8-10-3-2-4-11(16)7-10/h2-7,13,19H,8H2,1H3. The number of aliphatic hydroxyl groups excluding tert-OH is 1. The molecule has 2 aromatic rings. The Kier molecular flexibility index (Phi) is 4.32. The molecule has 2 rings (SSSR count). The fourth-order valence-corrected chi connectivity index (χ4v) is 2.42. The summed E-state index contributed by atoms with van der Waals surface area (Å²) in [7, 11) is 0. The molecule has 0 saturated carbocycles. The minimum Gasteiger partial charge on any atom is -0.388 e. The maximum absolute atomic E-state index is 13.9. The number of aryl methyl sites for hydroxylation is 1. The topological polar surface area (TPSA) is 20.2 Å². The van der Waals surface area contributed by atoms with Crippen molar-refractivity contribution in [1.29, 1.82) is 0 Å². The molecular formula is C15H13BrF2O. The minimum absolute atomic E-state index is 0.163. The number of hydrogen-bond donors (Lipinski definition) is 1. The van der Waals surface area contributed by atoms with E-state index in [1.54, 1.807) is 13.0 Å². The first kappa shape index (κ1) is 14.2. The molecule has 0 radical (unpaired) electrons. The van der Waals surface area contributed by atoms with Crippen molar-refractivity contribution in [2.75, 3.05) is 0 Å². The molecule has 0 bridgehead atoms. The van der Waals surface area contributed by atoms with Crippen molar-refractivity contribution in [3.63, 3.8) is 0 Å². The van der Waals surface area contributed by atoms with Crippen LogP contribution in [0.25, 0.3) is 0 Å². The zero-order chi connectivity index (χ0) is 14.0. The molecule has 0 spiro atoms. The van der Waals surface area contributed by atoms with Gasteiger partial charge in [-0.25, -0.2) is 8.78 Å². The molecule has 1 atom stereocenters. The smallest absolute Gasteiger partial charge is 0.134 e. The van der Waals surface area contributed by atoms with E-state index >= 15 is 0 Å². The second kappa shape index (κ2) is 5.80. The average molecular weight is 327 g/mol. The Morgan fingerprint density at radius 1 is 1.21 bits per heavy atom. The van der Waals surface area contributed by atoms with Crippen LogP contribution in [0.15, 0.2) is 40.9 Å². The molecule has 0 aliphatic heterocycles. The van der Waals surface area contributed by atoms with Gasteiger partial charge in [-0.15, -0.1) is 0 Å². The first-order valence-electron chi connectivity index (χ1n) is 5.86. The maximum atomic E-state index is 13.9. The van der Waals surface area contributed by atoms with E-state index in [1.165, 1.54) is 12.1 Å². The summed E-state index contributed by atoms with van der Waals surface area (Å²) in [6.45, 7) is 1.55. The van der Waals surface area contributed by atoms with E-state index in [0.29, 0.717) is 5.56 Å². The van der Waals surface area contributed by atoms with Crippen LogP contribution in [0.4, 0.5) is 8.78 Å². The summed E-state index contributed by atoms with van der Waals surface area (Å²) >= 11 is 3.32. The van der Waals surface area contributed by atoms with Crippen LogP contribution in [0.1, 0.15) is 22.8 Å². The van der Waals surface area contributed by atoms with Gasteiger partial charge < -0.3 is 5.11 Å². The third-order valence-electron chi connectivity index (χ3n) is 2.97. The van der Waals surface area contributed by atoms with Gasteiger partial charge >= 0.3 is 0 Å². The van der Waals surface area contributed by atoms with Crippen LogP contribution in [0.3, 0.4) is 0 Å². The van der Waals surface area contributed by atoms with Gasteiger partial charge in [0.05, 0.1) is 11.7 Å². The second-order valence-corrected chi connectivity index (χ2v) is 5.36. The van der Waals surface area contributed by atoms with Crippen molar-refractivity contribution in [3.8, 4) is 0 Å². The summed E-state index contributed by atoms with van der Waals surface area (Å²) in [6.07, 6.45) is -1.04. The van der Waals surface area contributed by atoms with Crippen molar-refractivity contribution < 1.29 is 13.9 Å².